The van der Waals surface area contributed by atoms with Gasteiger partial charge in [0.15, 0.2) is 0 Å². The van der Waals surface area contributed by atoms with E-state index in [2.05, 4.69) is 0 Å². The number of halogens is 3. The summed E-state index contributed by atoms with van der Waals surface area (Å²) in [5, 5.41) is 8.48. The maximum atomic E-state index is 12.6. The molecule has 1 aromatic heterocycles. The van der Waals surface area contributed by atoms with Gasteiger partial charge in [-0.3, -0.25) is 4.79 Å². The minimum absolute atomic E-state index is 0.0757. The first-order valence-corrected chi connectivity index (χ1v) is 5.53. The number of carboxylic acid groups (broad SMARTS) is 1. The smallest absolute Gasteiger partial charge is 0.397 e. The Hall–Kier alpha value is -1.04. The maximum absolute atomic E-state index is 12.6. The van der Waals surface area contributed by atoms with Gasteiger partial charge in [-0.2, -0.15) is 13.2 Å². The molecule has 6 heteroatoms. The summed E-state index contributed by atoms with van der Waals surface area (Å²) in [6, 6.07) is 2.98. The monoisotopic (exact) mass is 252 g/mol. The number of hydrogen-bond donors (Lipinski definition) is 1. The van der Waals surface area contributed by atoms with Crippen molar-refractivity contribution in [1.29, 1.82) is 0 Å². The average Bonchev–Trinajstić information content (AvgIpc) is 2.60. The van der Waals surface area contributed by atoms with Gasteiger partial charge < -0.3 is 5.11 Å². The van der Waals surface area contributed by atoms with Gasteiger partial charge in [0.2, 0.25) is 0 Å². The molecular weight excluding hydrogens is 241 g/mol. The molecule has 1 unspecified atom stereocenters. The van der Waals surface area contributed by atoms with E-state index in [0.717, 1.165) is 16.2 Å². The predicted molar refractivity (Wildman–Crippen MR) is 54.7 cm³/mol. The van der Waals surface area contributed by atoms with Crippen LogP contribution in [-0.2, 0) is 11.2 Å². The molecule has 2 nitrogen and oxygen atoms in total. The van der Waals surface area contributed by atoms with Crippen LogP contribution in [0.5, 0.6) is 0 Å². The van der Waals surface area contributed by atoms with Crippen molar-refractivity contribution in [3.63, 3.8) is 0 Å². The van der Waals surface area contributed by atoms with Crippen LogP contribution in [0.1, 0.15) is 29.0 Å². The SMILES string of the molecule is CCc1ccc(C(CC(=O)O)C(F)(F)F)s1. The fourth-order valence-electron chi connectivity index (χ4n) is 1.32. The van der Waals surface area contributed by atoms with Crippen molar-refractivity contribution in [1.82, 2.24) is 0 Å². The quantitative estimate of drug-likeness (QED) is 0.891. The largest absolute Gasteiger partial charge is 0.481 e. The van der Waals surface area contributed by atoms with Crippen LogP contribution >= 0.6 is 11.3 Å². The number of rotatable bonds is 4. The highest BCUT2D eigenvalue weighted by Gasteiger charge is 2.42. The third-order valence-corrected chi connectivity index (χ3v) is 3.49. The van der Waals surface area contributed by atoms with E-state index in [9.17, 15) is 18.0 Å². The topological polar surface area (TPSA) is 37.3 Å². The molecule has 1 N–H and O–H groups in total. The Kier molecular flexibility index (Phi) is 3.96. The second kappa shape index (κ2) is 4.86. The van der Waals surface area contributed by atoms with Crippen LogP contribution in [0.15, 0.2) is 12.1 Å². The molecule has 0 fully saturated rings. The summed E-state index contributed by atoms with van der Waals surface area (Å²) >= 11 is 1.03. The van der Waals surface area contributed by atoms with Crippen LogP contribution in [0, 0.1) is 0 Å². The number of alkyl halides is 3. The molecule has 0 radical (unpaired) electrons. The first-order chi connectivity index (χ1) is 7.34. The second-order valence-corrected chi connectivity index (χ2v) is 4.55. The molecule has 1 rings (SSSR count). The lowest BCUT2D eigenvalue weighted by Gasteiger charge is -2.16. The Morgan fingerprint density at radius 3 is 2.50 bits per heavy atom. The summed E-state index contributed by atoms with van der Waals surface area (Å²) in [6.45, 7) is 1.84. The third-order valence-electron chi connectivity index (χ3n) is 2.15. The lowest BCUT2D eigenvalue weighted by molar-refractivity contribution is -0.162. The highest BCUT2D eigenvalue weighted by Crippen LogP contribution is 2.40. The number of hydrogen-bond acceptors (Lipinski definition) is 2. The number of aliphatic carboxylic acids is 1. The first-order valence-electron chi connectivity index (χ1n) is 4.71. The van der Waals surface area contributed by atoms with Crippen molar-refractivity contribution >= 4 is 17.3 Å². The highest BCUT2D eigenvalue weighted by atomic mass is 32.1. The van der Waals surface area contributed by atoms with Gasteiger partial charge in [0.25, 0.3) is 0 Å². The minimum atomic E-state index is -4.51. The van der Waals surface area contributed by atoms with Crippen LogP contribution < -0.4 is 0 Å². The molecule has 0 saturated heterocycles. The maximum Gasteiger partial charge on any atom is 0.397 e. The second-order valence-electron chi connectivity index (χ2n) is 3.35. The van der Waals surface area contributed by atoms with Crippen molar-refractivity contribution < 1.29 is 23.1 Å². The van der Waals surface area contributed by atoms with Gasteiger partial charge in [-0.15, -0.1) is 11.3 Å². The van der Waals surface area contributed by atoms with E-state index in [1.54, 1.807) is 6.07 Å². The molecule has 0 aliphatic heterocycles. The van der Waals surface area contributed by atoms with Crippen molar-refractivity contribution in [2.75, 3.05) is 0 Å². The molecule has 0 bridgehead atoms. The average molecular weight is 252 g/mol. The number of aryl methyl sites for hydroxylation is 1. The molecular formula is C10H11F3O2S. The zero-order valence-electron chi connectivity index (χ0n) is 8.54. The van der Waals surface area contributed by atoms with Gasteiger partial charge in [0, 0.05) is 9.75 Å². The first kappa shape index (κ1) is 13.0. The van der Waals surface area contributed by atoms with E-state index in [0.29, 0.717) is 6.42 Å². The molecule has 1 atom stereocenters. The normalized spacial score (nSPS) is 13.8. The van der Waals surface area contributed by atoms with E-state index in [1.165, 1.54) is 6.07 Å². The molecule has 0 spiro atoms. The van der Waals surface area contributed by atoms with Crippen molar-refractivity contribution in [2.24, 2.45) is 0 Å². The Bertz CT molecular complexity index is 370. The number of thiophene rings is 1. The van der Waals surface area contributed by atoms with Crippen LogP contribution in [-0.4, -0.2) is 17.3 Å². The summed E-state index contributed by atoms with van der Waals surface area (Å²) in [5.41, 5.74) is 0. The summed E-state index contributed by atoms with van der Waals surface area (Å²) in [5.74, 6) is -3.33. The van der Waals surface area contributed by atoms with Gasteiger partial charge in [-0.05, 0) is 18.6 Å². The van der Waals surface area contributed by atoms with Gasteiger partial charge in [-0.25, -0.2) is 0 Å². The van der Waals surface area contributed by atoms with E-state index >= 15 is 0 Å². The van der Waals surface area contributed by atoms with Crippen LogP contribution in [0.2, 0.25) is 0 Å². The zero-order chi connectivity index (χ0) is 12.3. The molecule has 0 saturated carbocycles. The lowest BCUT2D eigenvalue weighted by Crippen LogP contribution is -2.22. The van der Waals surface area contributed by atoms with Crippen LogP contribution in [0.4, 0.5) is 13.2 Å². The molecule has 0 amide bonds. The molecule has 90 valence electrons. The number of carboxylic acids is 1. The Labute approximate surface area is 94.7 Å². The zero-order valence-corrected chi connectivity index (χ0v) is 9.36. The van der Waals surface area contributed by atoms with E-state index < -0.39 is 24.5 Å². The molecule has 0 aliphatic rings. The summed E-state index contributed by atoms with van der Waals surface area (Å²) < 4.78 is 37.9. The van der Waals surface area contributed by atoms with E-state index in [4.69, 9.17) is 5.11 Å². The standard InChI is InChI=1S/C10H11F3O2S/c1-2-6-3-4-8(16-6)7(5-9(14)15)10(11,12)13/h3-4,7H,2,5H2,1H3,(H,14,15). The molecule has 1 aromatic rings. The summed E-state index contributed by atoms with van der Waals surface area (Å²) in [6.07, 6.45) is -4.76. The van der Waals surface area contributed by atoms with Crippen molar-refractivity contribution in [3.8, 4) is 0 Å². The van der Waals surface area contributed by atoms with E-state index in [1.807, 2.05) is 6.92 Å². The molecule has 0 aromatic carbocycles. The van der Waals surface area contributed by atoms with Gasteiger partial charge in [-0.1, -0.05) is 6.92 Å². The number of carbonyl (C=O) groups is 1. The Morgan fingerprint density at radius 2 is 2.12 bits per heavy atom. The molecule has 1 heterocycles. The van der Waals surface area contributed by atoms with Gasteiger partial charge in [0.1, 0.15) is 0 Å². The van der Waals surface area contributed by atoms with Crippen molar-refractivity contribution in [3.05, 3.63) is 21.9 Å². The third kappa shape index (κ3) is 3.23. The molecule has 0 aliphatic carbocycles. The van der Waals surface area contributed by atoms with Crippen LogP contribution in [0.25, 0.3) is 0 Å². The van der Waals surface area contributed by atoms with Gasteiger partial charge >= 0.3 is 12.1 Å². The fourth-order valence-corrected chi connectivity index (χ4v) is 2.40. The van der Waals surface area contributed by atoms with E-state index in [-0.39, 0.29) is 4.88 Å². The fraction of sp³-hybridized carbons (Fsp3) is 0.500. The van der Waals surface area contributed by atoms with Crippen LogP contribution in [0.3, 0.4) is 0 Å². The summed E-state index contributed by atoms with van der Waals surface area (Å²) in [4.78, 5) is 11.3. The van der Waals surface area contributed by atoms with Crippen molar-refractivity contribution in [2.45, 2.75) is 31.9 Å². The summed E-state index contributed by atoms with van der Waals surface area (Å²) in [7, 11) is 0. The Morgan fingerprint density at radius 1 is 1.50 bits per heavy atom. The lowest BCUT2D eigenvalue weighted by atomic mass is 10.0. The Balaban J connectivity index is 2.96. The molecule has 16 heavy (non-hydrogen) atoms. The minimum Gasteiger partial charge on any atom is -0.481 e. The predicted octanol–water partition coefficient (Wildman–Crippen LogP) is 3.43. The highest BCUT2D eigenvalue weighted by molar-refractivity contribution is 7.12. The van der Waals surface area contributed by atoms with Gasteiger partial charge in [0.05, 0.1) is 12.3 Å².